The summed E-state index contributed by atoms with van der Waals surface area (Å²) in [5.41, 5.74) is 0. The number of rotatable bonds is 0. The van der Waals surface area contributed by atoms with E-state index in [0.29, 0.717) is 57.5 Å². The van der Waals surface area contributed by atoms with Gasteiger partial charge in [0.15, 0.2) is 0 Å². The van der Waals surface area contributed by atoms with E-state index in [4.69, 9.17) is 51.1 Å². The molecule has 10 aromatic carbocycles. The number of benzene rings is 10. The second kappa shape index (κ2) is 40.7. The summed E-state index contributed by atoms with van der Waals surface area (Å²) in [6.45, 7) is 0. The van der Waals surface area contributed by atoms with Crippen LogP contribution in [0.5, 0.6) is 57.5 Å². The Balaban J connectivity index is 0.000000389. The van der Waals surface area contributed by atoms with Crippen LogP contribution in [0.1, 0.15) is 0 Å². The minimum absolute atomic E-state index is 0.322. The number of hydrogen-bond acceptors (Lipinski definition) is 10. The van der Waals surface area contributed by atoms with Gasteiger partial charge >= 0.3 is 0 Å². The first-order valence-electron chi connectivity index (χ1n) is 21.3. The first-order chi connectivity index (χ1) is 33.9. The summed E-state index contributed by atoms with van der Waals surface area (Å²) in [5, 5.41) is 86.3. The van der Waals surface area contributed by atoms with Crippen molar-refractivity contribution in [2.24, 2.45) is 0 Å². The number of phenolic OH excluding ortho intramolecular Hbond substituents is 10. The highest BCUT2D eigenvalue weighted by atomic mass is 16.3. The molecule has 10 nitrogen and oxygen atoms in total. The summed E-state index contributed by atoms with van der Waals surface area (Å²) >= 11 is 0. The molecule has 0 saturated heterocycles. The van der Waals surface area contributed by atoms with Gasteiger partial charge in [0.25, 0.3) is 0 Å². The monoisotopic (exact) mass is 940 g/mol. The molecule has 10 N–H and O–H groups in total. The van der Waals surface area contributed by atoms with Gasteiger partial charge in [0, 0.05) is 0 Å². The largest absolute Gasteiger partial charge is 0.508 e. The Morgan fingerprint density at radius 2 is 0.157 bits per heavy atom. The average Bonchev–Trinajstić information content (AvgIpc) is 3.38. The molecular weight excluding hydrogens is 881 g/mol. The van der Waals surface area contributed by atoms with Gasteiger partial charge in [0.05, 0.1) is 0 Å². The Hall–Kier alpha value is -9.80. The zero-order chi connectivity index (χ0) is 51.1. The zero-order valence-electron chi connectivity index (χ0n) is 38.3. The molecule has 10 heteroatoms. The van der Waals surface area contributed by atoms with Crippen molar-refractivity contribution in [1.82, 2.24) is 0 Å². The first-order valence-corrected chi connectivity index (χ1v) is 21.3. The standard InChI is InChI=1S/10C6H6O/c10*7-6-4-2-1-3-5-6/h10*1-5,7H. The fourth-order valence-corrected chi connectivity index (χ4v) is 4.28. The van der Waals surface area contributed by atoms with Gasteiger partial charge in [-0.1, -0.05) is 182 Å². The Labute approximate surface area is 410 Å². The summed E-state index contributed by atoms with van der Waals surface area (Å²) in [7, 11) is 0. The molecule has 0 unspecified atom stereocenters. The third kappa shape index (κ3) is 38.6. The van der Waals surface area contributed by atoms with E-state index in [1.165, 1.54) is 0 Å². The van der Waals surface area contributed by atoms with Crippen molar-refractivity contribution in [2.45, 2.75) is 0 Å². The molecule has 0 aliphatic rings. The van der Waals surface area contributed by atoms with Crippen molar-refractivity contribution in [2.75, 3.05) is 0 Å². The van der Waals surface area contributed by atoms with E-state index in [-0.39, 0.29) is 0 Å². The SMILES string of the molecule is Oc1ccccc1.Oc1ccccc1.Oc1ccccc1.Oc1ccccc1.Oc1ccccc1.Oc1ccccc1.Oc1ccccc1.Oc1ccccc1.Oc1ccccc1.Oc1ccccc1. The summed E-state index contributed by atoms with van der Waals surface area (Å²) < 4.78 is 0. The minimum atomic E-state index is 0.322. The fourth-order valence-electron chi connectivity index (χ4n) is 4.28. The molecule has 0 saturated carbocycles. The number of para-hydroxylation sites is 10. The van der Waals surface area contributed by atoms with E-state index in [0.717, 1.165) is 0 Å². The molecule has 10 aromatic rings. The first kappa shape index (κ1) is 58.2. The molecule has 0 spiro atoms. The van der Waals surface area contributed by atoms with Crippen LogP contribution in [-0.2, 0) is 0 Å². The van der Waals surface area contributed by atoms with Crippen molar-refractivity contribution in [3.8, 4) is 57.5 Å². The lowest BCUT2D eigenvalue weighted by molar-refractivity contribution is 0.475. The Morgan fingerprint density at radius 1 is 0.100 bits per heavy atom. The highest BCUT2D eigenvalue weighted by Crippen LogP contribution is 2.08. The van der Waals surface area contributed by atoms with Gasteiger partial charge in [0.1, 0.15) is 57.5 Å². The van der Waals surface area contributed by atoms with Crippen LogP contribution in [0.25, 0.3) is 0 Å². The van der Waals surface area contributed by atoms with Gasteiger partial charge in [-0.2, -0.15) is 0 Å². The average molecular weight is 941 g/mol. The van der Waals surface area contributed by atoms with Crippen molar-refractivity contribution in [3.05, 3.63) is 303 Å². The van der Waals surface area contributed by atoms with Gasteiger partial charge in [-0.05, 0) is 121 Å². The third-order valence-corrected chi connectivity index (χ3v) is 7.56. The van der Waals surface area contributed by atoms with E-state index in [1.807, 2.05) is 60.7 Å². The lowest BCUT2D eigenvalue weighted by atomic mass is 10.3. The van der Waals surface area contributed by atoms with E-state index in [2.05, 4.69) is 0 Å². The van der Waals surface area contributed by atoms with Gasteiger partial charge in [-0.15, -0.1) is 0 Å². The van der Waals surface area contributed by atoms with E-state index < -0.39 is 0 Å². The summed E-state index contributed by atoms with van der Waals surface area (Å²) in [4.78, 5) is 0. The van der Waals surface area contributed by atoms with Gasteiger partial charge in [-0.25, -0.2) is 0 Å². The summed E-state index contributed by atoms with van der Waals surface area (Å²) in [6.07, 6.45) is 0. The van der Waals surface area contributed by atoms with Crippen molar-refractivity contribution >= 4 is 0 Å². The number of hydrogen-bond donors (Lipinski definition) is 10. The van der Waals surface area contributed by atoms with Crippen molar-refractivity contribution in [3.63, 3.8) is 0 Å². The smallest absolute Gasteiger partial charge is 0.115 e. The highest BCUT2D eigenvalue weighted by Gasteiger charge is 1.80. The van der Waals surface area contributed by atoms with Crippen LogP contribution in [0.4, 0.5) is 0 Å². The van der Waals surface area contributed by atoms with E-state index >= 15 is 0 Å². The second-order valence-electron chi connectivity index (χ2n) is 13.4. The van der Waals surface area contributed by atoms with Crippen molar-refractivity contribution < 1.29 is 51.1 Å². The van der Waals surface area contributed by atoms with Gasteiger partial charge in [-0.3, -0.25) is 0 Å². The normalized spacial score (nSPS) is 8.57. The number of phenols is 10. The predicted octanol–water partition coefficient (Wildman–Crippen LogP) is 13.9. The van der Waals surface area contributed by atoms with Gasteiger partial charge < -0.3 is 51.1 Å². The molecule has 0 aliphatic heterocycles. The Morgan fingerprint density at radius 3 is 0.186 bits per heavy atom. The molecule has 0 atom stereocenters. The molecule has 0 bridgehead atoms. The fraction of sp³-hybridized carbons (Fsp3) is 0. The summed E-state index contributed by atoms with van der Waals surface area (Å²) in [5.74, 6) is 3.22. The molecule has 10 rings (SSSR count). The van der Waals surface area contributed by atoms with Crippen LogP contribution in [0.2, 0.25) is 0 Å². The maximum atomic E-state index is 8.63. The lowest BCUT2D eigenvalue weighted by Crippen LogP contribution is -1.56. The maximum absolute atomic E-state index is 8.63. The van der Waals surface area contributed by atoms with Crippen molar-refractivity contribution in [1.29, 1.82) is 0 Å². The van der Waals surface area contributed by atoms with Crippen LogP contribution in [-0.4, -0.2) is 51.1 Å². The van der Waals surface area contributed by atoms with Gasteiger partial charge in [0.2, 0.25) is 0 Å². The zero-order valence-corrected chi connectivity index (χ0v) is 38.3. The van der Waals surface area contributed by atoms with E-state index in [1.54, 1.807) is 243 Å². The second-order valence-corrected chi connectivity index (χ2v) is 13.4. The molecule has 0 aromatic heterocycles. The molecular formula is C60H60O10. The van der Waals surface area contributed by atoms with Crippen LogP contribution < -0.4 is 0 Å². The third-order valence-electron chi connectivity index (χ3n) is 7.56. The van der Waals surface area contributed by atoms with E-state index in [9.17, 15) is 0 Å². The molecule has 70 heavy (non-hydrogen) atoms. The minimum Gasteiger partial charge on any atom is -0.508 e. The van der Waals surface area contributed by atoms with Crippen LogP contribution in [0.3, 0.4) is 0 Å². The highest BCUT2D eigenvalue weighted by molar-refractivity contribution is 5.23. The Bertz CT molecular complexity index is 1960. The Kier molecular flexibility index (Phi) is 33.8. The predicted molar refractivity (Wildman–Crippen MR) is 281 cm³/mol. The topological polar surface area (TPSA) is 202 Å². The molecule has 0 aliphatic carbocycles. The van der Waals surface area contributed by atoms with Crippen LogP contribution in [0.15, 0.2) is 303 Å². The molecule has 0 fully saturated rings. The molecule has 360 valence electrons. The molecule has 0 radical (unpaired) electrons. The molecule has 0 heterocycles. The number of aromatic hydroxyl groups is 10. The molecule has 0 amide bonds. The maximum Gasteiger partial charge on any atom is 0.115 e. The van der Waals surface area contributed by atoms with Crippen LogP contribution in [0, 0.1) is 0 Å². The summed E-state index contributed by atoms with van der Waals surface area (Å²) in [6, 6.07) is 87.1. The van der Waals surface area contributed by atoms with Crippen LogP contribution >= 0.6 is 0 Å². The lowest BCUT2D eigenvalue weighted by Gasteiger charge is -1.82. The quantitative estimate of drug-likeness (QED) is 0.0697.